The number of hydrogen-bond acceptors (Lipinski definition) is 2. The molecule has 0 aliphatic carbocycles. The number of halogens is 1. The summed E-state index contributed by atoms with van der Waals surface area (Å²) in [6.45, 7) is 4.99. The second-order valence-corrected chi connectivity index (χ2v) is 4.59. The van der Waals surface area contributed by atoms with Crippen molar-refractivity contribution in [2.45, 2.75) is 26.8 Å². The summed E-state index contributed by atoms with van der Waals surface area (Å²) in [6, 6.07) is 5.12. The zero-order valence-electron chi connectivity index (χ0n) is 11.8. The molecule has 0 unspecified atom stereocenters. The van der Waals surface area contributed by atoms with Gasteiger partial charge in [0.25, 0.3) is 0 Å². The highest BCUT2D eigenvalue weighted by atomic mass is 19.1. The van der Waals surface area contributed by atoms with Crippen molar-refractivity contribution in [1.82, 2.24) is 4.90 Å². The first-order chi connectivity index (χ1) is 9.38. The maximum Gasteiger partial charge on any atom is 0.325 e. The van der Waals surface area contributed by atoms with Crippen molar-refractivity contribution in [3.05, 3.63) is 30.1 Å². The molecule has 0 saturated carbocycles. The number of rotatable bonds is 5. The number of carbonyl (C=O) groups excluding carboxylic acids is 1. The van der Waals surface area contributed by atoms with Crippen molar-refractivity contribution in [3.8, 4) is 0 Å². The van der Waals surface area contributed by atoms with E-state index in [-0.39, 0.29) is 18.3 Å². The van der Waals surface area contributed by atoms with E-state index in [0.29, 0.717) is 0 Å². The van der Waals surface area contributed by atoms with Crippen molar-refractivity contribution >= 4 is 17.7 Å². The van der Waals surface area contributed by atoms with E-state index in [1.807, 2.05) is 0 Å². The third kappa shape index (κ3) is 3.69. The summed E-state index contributed by atoms with van der Waals surface area (Å²) in [7, 11) is 0. The van der Waals surface area contributed by atoms with Crippen LogP contribution in [-0.4, -0.2) is 41.1 Å². The second kappa shape index (κ2) is 6.88. The average Bonchev–Trinajstić information content (AvgIpc) is 2.38. The third-order valence-corrected chi connectivity index (χ3v) is 2.87. The number of carbonyl (C=O) groups is 2. The Balaban J connectivity index is 3.07. The zero-order valence-corrected chi connectivity index (χ0v) is 11.8. The lowest BCUT2D eigenvalue weighted by molar-refractivity contribution is -0.137. The molecule has 1 N–H and O–H groups in total. The van der Waals surface area contributed by atoms with Gasteiger partial charge in [0.2, 0.25) is 0 Å². The molecule has 0 radical (unpaired) electrons. The van der Waals surface area contributed by atoms with E-state index in [1.54, 1.807) is 26.8 Å². The van der Waals surface area contributed by atoms with E-state index < -0.39 is 24.4 Å². The minimum atomic E-state index is -1.10. The SMILES string of the molecule is CCN(C(=O)N(CC(=O)O)C(C)C)c1ccccc1F. The summed E-state index contributed by atoms with van der Waals surface area (Å²) in [5.41, 5.74) is 0.149. The van der Waals surface area contributed by atoms with Crippen LogP contribution < -0.4 is 4.90 Å². The number of hydrogen-bond donors (Lipinski definition) is 1. The highest BCUT2D eigenvalue weighted by molar-refractivity contribution is 5.93. The monoisotopic (exact) mass is 282 g/mol. The fraction of sp³-hybridized carbons (Fsp3) is 0.429. The van der Waals surface area contributed by atoms with Gasteiger partial charge >= 0.3 is 12.0 Å². The molecule has 1 rings (SSSR count). The van der Waals surface area contributed by atoms with E-state index in [9.17, 15) is 14.0 Å². The fourth-order valence-corrected chi connectivity index (χ4v) is 1.85. The van der Waals surface area contributed by atoms with Gasteiger partial charge in [-0.15, -0.1) is 0 Å². The Morgan fingerprint density at radius 2 is 1.90 bits per heavy atom. The van der Waals surface area contributed by atoms with Crippen LogP contribution in [-0.2, 0) is 4.79 Å². The number of amides is 2. The Morgan fingerprint density at radius 3 is 2.35 bits per heavy atom. The first-order valence-electron chi connectivity index (χ1n) is 6.43. The van der Waals surface area contributed by atoms with Crippen molar-refractivity contribution in [1.29, 1.82) is 0 Å². The van der Waals surface area contributed by atoms with Gasteiger partial charge in [-0.2, -0.15) is 0 Å². The number of benzene rings is 1. The number of aliphatic carboxylic acids is 1. The molecule has 2 amide bonds. The third-order valence-electron chi connectivity index (χ3n) is 2.87. The van der Waals surface area contributed by atoms with E-state index >= 15 is 0 Å². The van der Waals surface area contributed by atoms with Crippen molar-refractivity contribution < 1.29 is 19.1 Å². The molecule has 0 aliphatic rings. The molecule has 0 aliphatic heterocycles. The lowest BCUT2D eigenvalue weighted by Crippen LogP contribution is -2.49. The maximum atomic E-state index is 13.8. The summed E-state index contributed by atoms with van der Waals surface area (Å²) < 4.78 is 13.8. The van der Waals surface area contributed by atoms with Gasteiger partial charge in [0.05, 0.1) is 5.69 Å². The lowest BCUT2D eigenvalue weighted by Gasteiger charge is -2.31. The van der Waals surface area contributed by atoms with Gasteiger partial charge in [-0.25, -0.2) is 9.18 Å². The van der Waals surface area contributed by atoms with Gasteiger partial charge in [0.15, 0.2) is 0 Å². The molecule has 0 saturated heterocycles. The molecule has 1 aromatic carbocycles. The van der Waals surface area contributed by atoms with Crippen LogP contribution in [0.1, 0.15) is 20.8 Å². The predicted molar refractivity (Wildman–Crippen MR) is 74.3 cm³/mol. The van der Waals surface area contributed by atoms with E-state index in [0.717, 1.165) is 0 Å². The lowest BCUT2D eigenvalue weighted by atomic mass is 10.2. The maximum absolute atomic E-state index is 13.8. The van der Waals surface area contributed by atoms with Crippen molar-refractivity contribution in [3.63, 3.8) is 0 Å². The van der Waals surface area contributed by atoms with Gasteiger partial charge < -0.3 is 10.0 Å². The minimum absolute atomic E-state index is 0.149. The summed E-state index contributed by atoms with van der Waals surface area (Å²) in [4.78, 5) is 25.7. The Hall–Kier alpha value is -2.11. The van der Waals surface area contributed by atoms with E-state index in [1.165, 1.54) is 28.0 Å². The topological polar surface area (TPSA) is 60.9 Å². The molecule has 20 heavy (non-hydrogen) atoms. The van der Waals surface area contributed by atoms with Gasteiger partial charge in [0.1, 0.15) is 12.4 Å². The Kier molecular flexibility index (Phi) is 5.49. The quantitative estimate of drug-likeness (QED) is 0.903. The number of anilines is 1. The van der Waals surface area contributed by atoms with E-state index in [2.05, 4.69) is 0 Å². The first kappa shape index (κ1) is 15.9. The number of urea groups is 1. The van der Waals surface area contributed by atoms with Crippen LogP contribution in [0.5, 0.6) is 0 Å². The van der Waals surface area contributed by atoms with Crippen LogP contribution in [0.4, 0.5) is 14.9 Å². The fourth-order valence-electron chi connectivity index (χ4n) is 1.85. The summed E-state index contributed by atoms with van der Waals surface area (Å²) in [5, 5.41) is 8.87. The van der Waals surface area contributed by atoms with Crippen LogP contribution >= 0.6 is 0 Å². The van der Waals surface area contributed by atoms with Crippen molar-refractivity contribution in [2.24, 2.45) is 0 Å². The van der Waals surface area contributed by atoms with Crippen LogP contribution in [0, 0.1) is 5.82 Å². The smallest absolute Gasteiger partial charge is 0.325 e. The highest BCUT2D eigenvalue weighted by Crippen LogP contribution is 2.20. The average molecular weight is 282 g/mol. The van der Waals surface area contributed by atoms with Crippen LogP contribution in [0.3, 0.4) is 0 Å². The minimum Gasteiger partial charge on any atom is -0.480 e. The van der Waals surface area contributed by atoms with Gasteiger partial charge in [-0.3, -0.25) is 9.69 Å². The Morgan fingerprint density at radius 1 is 1.30 bits per heavy atom. The first-order valence-corrected chi connectivity index (χ1v) is 6.43. The summed E-state index contributed by atoms with van der Waals surface area (Å²) in [5.74, 6) is -1.61. The van der Waals surface area contributed by atoms with Crippen LogP contribution in [0.25, 0.3) is 0 Å². The number of carboxylic acid groups (broad SMARTS) is 1. The molecule has 6 heteroatoms. The van der Waals surface area contributed by atoms with Crippen LogP contribution in [0.15, 0.2) is 24.3 Å². The molecule has 5 nitrogen and oxygen atoms in total. The van der Waals surface area contributed by atoms with Gasteiger partial charge in [0, 0.05) is 12.6 Å². The molecule has 1 aromatic rings. The van der Waals surface area contributed by atoms with E-state index in [4.69, 9.17) is 5.11 Å². The zero-order chi connectivity index (χ0) is 15.3. The second-order valence-electron chi connectivity index (χ2n) is 4.59. The standard InChI is InChI=1S/C14H19FN2O3/c1-4-16(12-8-6-5-7-11(12)15)14(20)17(10(2)3)9-13(18)19/h5-8,10H,4,9H2,1-3H3,(H,18,19). The molecule has 0 atom stereocenters. The molecular formula is C14H19FN2O3. The van der Waals surface area contributed by atoms with Gasteiger partial charge in [-0.05, 0) is 32.9 Å². The molecule has 0 bridgehead atoms. The highest BCUT2D eigenvalue weighted by Gasteiger charge is 2.26. The Bertz CT molecular complexity index is 491. The molecule has 0 heterocycles. The normalized spacial score (nSPS) is 10.4. The summed E-state index contributed by atoms with van der Waals surface area (Å²) >= 11 is 0. The molecule has 0 fully saturated rings. The number of carboxylic acids is 1. The molecule has 0 spiro atoms. The predicted octanol–water partition coefficient (Wildman–Crippen LogP) is 2.57. The summed E-state index contributed by atoms with van der Waals surface area (Å²) in [6.07, 6.45) is 0. The largest absolute Gasteiger partial charge is 0.480 e. The molecular weight excluding hydrogens is 263 g/mol. The molecule has 0 aromatic heterocycles. The van der Waals surface area contributed by atoms with Crippen molar-refractivity contribution in [2.75, 3.05) is 18.0 Å². The van der Waals surface area contributed by atoms with Crippen LogP contribution in [0.2, 0.25) is 0 Å². The Labute approximate surface area is 117 Å². The number of nitrogens with zero attached hydrogens (tertiary/aromatic N) is 2. The number of para-hydroxylation sites is 1. The van der Waals surface area contributed by atoms with Gasteiger partial charge in [-0.1, -0.05) is 12.1 Å². The molecule has 110 valence electrons.